The smallest absolute Gasteiger partial charge is 0.203 e. The zero-order chi connectivity index (χ0) is 13.1. The number of hydrogen-bond donors (Lipinski definition) is 1. The lowest BCUT2D eigenvalue weighted by molar-refractivity contribution is 0.355. The number of aromatic nitrogens is 2. The zero-order valence-electron chi connectivity index (χ0n) is 11.4. The van der Waals surface area contributed by atoms with E-state index in [2.05, 4.69) is 44.8 Å². The molecular formula is C15H21N3S. The fourth-order valence-electron chi connectivity index (χ4n) is 2.86. The minimum Gasteiger partial charge on any atom is -0.352 e. The summed E-state index contributed by atoms with van der Waals surface area (Å²) in [6.45, 7) is 2.95. The van der Waals surface area contributed by atoms with Gasteiger partial charge in [-0.1, -0.05) is 19.3 Å². The van der Waals surface area contributed by atoms with Crippen molar-refractivity contribution in [2.75, 3.05) is 5.32 Å². The SMILES string of the molecule is Cc1cn(C2CCCCC2)c(NCc2ccsc2)n1. The molecule has 0 amide bonds. The van der Waals surface area contributed by atoms with Crippen molar-refractivity contribution in [1.82, 2.24) is 9.55 Å². The van der Waals surface area contributed by atoms with Gasteiger partial charge in [0.15, 0.2) is 0 Å². The average molecular weight is 275 g/mol. The van der Waals surface area contributed by atoms with Gasteiger partial charge < -0.3 is 9.88 Å². The van der Waals surface area contributed by atoms with Crippen molar-refractivity contribution in [3.63, 3.8) is 0 Å². The number of anilines is 1. The molecule has 2 aromatic heterocycles. The second kappa shape index (κ2) is 5.78. The van der Waals surface area contributed by atoms with E-state index >= 15 is 0 Å². The summed E-state index contributed by atoms with van der Waals surface area (Å²) in [6, 6.07) is 2.80. The monoisotopic (exact) mass is 275 g/mol. The van der Waals surface area contributed by atoms with Crippen molar-refractivity contribution in [1.29, 1.82) is 0 Å². The highest BCUT2D eigenvalue weighted by molar-refractivity contribution is 7.07. The summed E-state index contributed by atoms with van der Waals surface area (Å²) in [4.78, 5) is 4.64. The van der Waals surface area contributed by atoms with Gasteiger partial charge in [0.05, 0.1) is 5.69 Å². The molecule has 0 aromatic carbocycles. The maximum absolute atomic E-state index is 4.64. The zero-order valence-corrected chi connectivity index (χ0v) is 12.2. The van der Waals surface area contributed by atoms with Gasteiger partial charge >= 0.3 is 0 Å². The van der Waals surface area contributed by atoms with E-state index in [0.717, 1.165) is 18.2 Å². The van der Waals surface area contributed by atoms with E-state index in [4.69, 9.17) is 0 Å². The molecule has 0 radical (unpaired) electrons. The number of hydrogen-bond acceptors (Lipinski definition) is 3. The molecule has 3 nitrogen and oxygen atoms in total. The molecular weight excluding hydrogens is 254 g/mol. The third-order valence-corrected chi connectivity index (χ3v) is 4.58. The quantitative estimate of drug-likeness (QED) is 0.898. The van der Waals surface area contributed by atoms with Gasteiger partial charge in [0.1, 0.15) is 0 Å². The predicted octanol–water partition coefficient (Wildman–Crippen LogP) is 4.37. The normalized spacial score (nSPS) is 16.7. The van der Waals surface area contributed by atoms with Crippen molar-refractivity contribution in [3.8, 4) is 0 Å². The lowest BCUT2D eigenvalue weighted by Crippen LogP contribution is -2.15. The lowest BCUT2D eigenvalue weighted by atomic mass is 9.95. The Morgan fingerprint density at radius 3 is 2.95 bits per heavy atom. The fraction of sp³-hybridized carbons (Fsp3) is 0.533. The summed E-state index contributed by atoms with van der Waals surface area (Å²) in [7, 11) is 0. The fourth-order valence-corrected chi connectivity index (χ4v) is 3.53. The van der Waals surface area contributed by atoms with Crippen LogP contribution in [0, 0.1) is 6.92 Å². The molecule has 1 aliphatic rings. The number of thiophene rings is 1. The van der Waals surface area contributed by atoms with Crippen LogP contribution in [0.2, 0.25) is 0 Å². The number of rotatable bonds is 4. The molecule has 1 aliphatic carbocycles. The molecule has 0 saturated heterocycles. The van der Waals surface area contributed by atoms with Crippen LogP contribution in [0.3, 0.4) is 0 Å². The Morgan fingerprint density at radius 2 is 2.21 bits per heavy atom. The number of aryl methyl sites for hydroxylation is 1. The molecule has 1 fully saturated rings. The van der Waals surface area contributed by atoms with E-state index in [1.807, 2.05) is 0 Å². The summed E-state index contributed by atoms with van der Waals surface area (Å²) in [6.07, 6.45) is 8.89. The Kier molecular flexibility index (Phi) is 3.87. The Bertz CT molecular complexity index is 509. The second-order valence-corrected chi connectivity index (χ2v) is 6.17. The van der Waals surface area contributed by atoms with E-state index in [1.54, 1.807) is 11.3 Å². The van der Waals surface area contributed by atoms with Crippen LogP contribution >= 0.6 is 11.3 Å². The summed E-state index contributed by atoms with van der Waals surface area (Å²) < 4.78 is 2.36. The molecule has 0 bridgehead atoms. The Labute approximate surface area is 118 Å². The maximum atomic E-state index is 4.64. The standard InChI is InChI=1S/C15H21N3S/c1-12-10-18(14-5-3-2-4-6-14)15(17-12)16-9-13-7-8-19-11-13/h7-8,10-11,14H,2-6,9H2,1H3,(H,16,17). The van der Waals surface area contributed by atoms with Crippen molar-refractivity contribution in [2.45, 2.75) is 51.6 Å². The molecule has 0 unspecified atom stereocenters. The van der Waals surface area contributed by atoms with Gasteiger partial charge in [0.25, 0.3) is 0 Å². The topological polar surface area (TPSA) is 29.9 Å². The van der Waals surface area contributed by atoms with Crippen molar-refractivity contribution in [2.24, 2.45) is 0 Å². The van der Waals surface area contributed by atoms with Crippen LogP contribution in [0.5, 0.6) is 0 Å². The molecule has 1 N–H and O–H groups in total. The third kappa shape index (κ3) is 3.00. The molecule has 0 atom stereocenters. The molecule has 0 spiro atoms. The summed E-state index contributed by atoms with van der Waals surface area (Å²) in [5.74, 6) is 1.04. The number of nitrogens with one attached hydrogen (secondary N) is 1. The molecule has 102 valence electrons. The van der Waals surface area contributed by atoms with Crippen LogP contribution in [0.4, 0.5) is 5.95 Å². The lowest BCUT2D eigenvalue weighted by Gasteiger charge is -2.24. The maximum Gasteiger partial charge on any atom is 0.203 e. The van der Waals surface area contributed by atoms with Gasteiger partial charge in [-0.25, -0.2) is 4.98 Å². The van der Waals surface area contributed by atoms with Gasteiger partial charge in [-0.3, -0.25) is 0 Å². The van der Waals surface area contributed by atoms with Gasteiger partial charge in [-0.05, 0) is 42.2 Å². The molecule has 19 heavy (non-hydrogen) atoms. The van der Waals surface area contributed by atoms with Crippen LogP contribution in [-0.2, 0) is 6.54 Å². The summed E-state index contributed by atoms with van der Waals surface area (Å²) in [5.41, 5.74) is 2.44. The summed E-state index contributed by atoms with van der Waals surface area (Å²) >= 11 is 1.74. The van der Waals surface area contributed by atoms with E-state index in [9.17, 15) is 0 Å². The van der Waals surface area contributed by atoms with Gasteiger partial charge in [0.2, 0.25) is 5.95 Å². The average Bonchev–Trinajstić information content (AvgIpc) is 3.06. The third-order valence-electron chi connectivity index (χ3n) is 3.85. The molecule has 2 heterocycles. The highest BCUT2D eigenvalue weighted by atomic mass is 32.1. The van der Waals surface area contributed by atoms with Crippen LogP contribution in [0.15, 0.2) is 23.0 Å². The summed E-state index contributed by atoms with van der Waals surface area (Å²) in [5, 5.41) is 7.80. The molecule has 4 heteroatoms. The van der Waals surface area contributed by atoms with Gasteiger partial charge in [-0.15, -0.1) is 0 Å². The van der Waals surface area contributed by atoms with Crippen molar-refractivity contribution >= 4 is 17.3 Å². The first-order chi connectivity index (χ1) is 9.33. The van der Waals surface area contributed by atoms with Crippen LogP contribution in [0.1, 0.15) is 49.4 Å². The largest absolute Gasteiger partial charge is 0.352 e. The highest BCUT2D eigenvalue weighted by Gasteiger charge is 2.18. The molecule has 1 saturated carbocycles. The van der Waals surface area contributed by atoms with Crippen LogP contribution in [0.25, 0.3) is 0 Å². The van der Waals surface area contributed by atoms with Crippen LogP contribution in [-0.4, -0.2) is 9.55 Å². The van der Waals surface area contributed by atoms with Crippen molar-refractivity contribution < 1.29 is 0 Å². The predicted molar refractivity (Wildman–Crippen MR) is 80.7 cm³/mol. The van der Waals surface area contributed by atoms with Crippen molar-refractivity contribution in [3.05, 3.63) is 34.3 Å². The van der Waals surface area contributed by atoms with E-state index < -0.39 is 0 Å². The first-order valence-electron chi connectivity index (χ1n) is 7.13. The van der Waals surface area contributed by atoms with E-state index in [1.165, 1.54) is 37.7 Å². The molecule has 3 rings (SSSR count). The Hall–Kier alpha value is -1.29. The number of imidazole rings is 1. The molecule has 0 aliphatic heterocycles. The van der Waals surface area contributed by atoms with E-state index in [0.29, 0.717) is 6.04 Å². The van der Waals surface area contributed by atoms with Gasteiger partial charge in [0, 0.05) is 18.8 Å². The van der Waals surface area contributed by atoms with Gasteiger partial charge in [-0.2, -0.15) is 11.3 Å². The van der Waals surface area contributed by atoms with E-state index in [-0.39, 0.29) is 0 Å². The minimum atomic E-state index is 0.639. The Balaban J connectivity index is 1.72. The van der Waals surface area contributed by atoms with Crippen LogP contribution < -0.4 is 5.32 Å². The first kappa shape index (κ1) is 12.7. The highest BCUT2D eigenvalue weighted by Crippen LogP contribution is 2.30. The molecule has 2 aromatic rings. The Morgan fingerprint density at radius 1 is 1.37 bits per heavy atom. The first-order valence-corrected chi connectivity index (χ1v) is 8.07. The minimum absolute atomic E-state index is 0.639. The second-order valence-electron chi connectivity index (χ2n) is 5.39. The number of nitrogens with zero attached hydrogens (tertiary/aromatic N) is 2.